The first-order chi connectivity index (χ1) is 7.52. The van der Waals surface area contributed by atoms with Crippen LogP contribution in [0.5, 0.6) is 0 Å². The molecule has 0 aromatic heterocycles. The molecule has 91 valence electrons. The van der Waals surface area contributed by atoms with E-state index < -0.39 is 42.4 Å². The molecule has 16 heavy (non-hydrogen) atoms. The van der Waals surface area contributed by atoms with Crippen LogP contribution in [0.2, 0.25) is 11.0 Å². The van der Waals surface area contributed by atoms with Gasteiger partial charge in [0.2, 0.25) is 0 Å². The normalized spacial score (nSPS) is 10.6. The van der Waals surface area contributed by atoms with Crippen molar-refractivity contribution in [2.45, 2.75) is 23.9 Å². The average molecular weight is 352 g/mol. The molecule has 0 aromatic carbocycles. The maximum absolute atomic E-state index is 10.3. The van der Waals surface area contributed by atoms with Gasteiger partial charge < -0.3 is 0 Å². The van der Waals surface area contributed by atoms with Crippen molar-refractivity contribution in [3.8, 4) is 0 Å². The third-order valence-electron chi connectivity index (χ3n) is 1.56. The summed E-state index contributed by atoms with van der Waals surface area (Å²) in [5.41, 5.74) is 0.491. The molecule has 0 aliphatic carbocycles. The zero-order chi connectivity index (χ0) is 12.4. The van der Waals surface area contributed by atoms with Gasteiger partial charge in [0.05, 0.1) is 0 Å². The van der Waals surface area contributed by atoms with Crippen LogP contribution in [0.1, 0.15) is 12.8 Å². The number of aliphatic carboxylic acids is 2. The van der Waals surface area contributed by atoms with Crippen LogP contribution < -0.4 is 0 Å². The fourth-order valence-corrected chi connectivity index (χ4v) is 7.72. The Bertz CT molecular complexity index is 223. The van der Waals surface area contributed by atoms with Gasteiger partial charge in [-0.25, -0.2) is 0 Å². The topological polar surface area (TPSA) is 93.1 Å². The van der Waals surface area contributed by atoms with Crippen molar-refractivity contribution in [2.24, 2.45) is 0 Å². The van der Waals surface area contributed by atoms with Gasteiger partial charge in [-0.3, -0.25) is 0 Å². The molecule has 6 nitrogen and oxygen atoms in total. The Morgan fingerprint density at radius 2 is 1.88 bits per heavy atom. The molecule has 0 unspecified atom stereocenters. The molecular weight excluding hydrogens is 337 g/mol. The maximum atomic E-state index is 10.3. The van der Waals surface area contributed by atoms with E-state index in [1.165, 1.54) is 0 Å². The van der Waals surface area contributed by atoms with Crippen molar-refractivity contribution in [3.05, 3.63) is 0 Å². The summed E-state index contributed by atoms with van der Waals surface area (Å²) >= 11 is -2.25. The third-order valence-corrected chi connectivity index (χ3v) is 10.6. The third kappa shape index (κ3) is 12.0. The van der Waals surface area contributed by atoms with Crippen molar-refractivity contribution in [1.29, 1.82) is 0 Å². The van der Waals surface area contributed by atoms with E-state index in [1.807, 2.05) is 5.76 Å². The first-order valence-corrected chi connectivity index (χ1v) is 11.5. The van der Waals surface area contributed by atoms with E-state index in [0.717, 1.165) is 0 Å². The molecule has 0 aromatic rings. The Morgan fingerprint density at radius 3 is 2.44 bits per heavy atom. The van der Waals surface area contributed by atoms with Crippen LogP contribution in [0.4, 0.5) is 0 Å². The molecule has 0 aliphatic heterocycles. The first kappa shape index (κ1) is 15.9. The van der Waals surface area contributed by atoms with Crippen LogP contribution in [0.25, 0.3) is 0 Å². The summed E-state index contributed by atoms with van der Waals surface area (Å²) in [5, 5.41) is 17.4. The number of hydrogen-bond acceptors (Lipinski definition) is 4. The quantitative estimate of drug-likeness (QED) is 0.430. The summed E-state index contributed by atoms with van der Waals surface area (Å²) in [6.07, 6.45) is 0.193. The minimum atomic E-state index is -1.61. The van der Waals surface area contributed by atoms with Crippen LogP contribution in [0.15, 0.2) is 0 Å². The number of carboxylic acids is 2. The molecule has 0 saturated carbocycles. The molecule has 3 radical (unpaired) electrons. The molecule has 0 amide bonds. The van der Waals surface area contributed by atoms with Gasteiger partial charge >= 0.3 is 106 Å². The van der Waals surface area contributed by atoms with Gasteiger partial charge in [0, 0.05) is 0 Å². The number of ether oxygens (including phenoxy) is 1. The fraction of sp³-hybridized carbons (Fsp3) is 0.750. The molecule has 0 bridgehead atoms. The first-order valence-electron chi connectivity index (χ1n) is 4.76. The van der Waals surface area contributed by atoms with Crippen LogP contribution in [-0.4, -0.2) is 64.7 Å². The average Bonchev–Trinajstić information content (AvgIpc) is 2.19. The predicted octanol–water partition coefficient (Wildman–Crippen LogP) is 0.167. The molecule has 2 N–H and O–H groups in total. The molecule has 0 heterocycles. The summed E-state index contributed by atoms with van der Waals surface area (Å²) < 4.78 is 10.6. The Morgan fingerprint density at radius 1 is 1.25 bits per heavy atom. The molecule has 8 heteroatoms. The zero-order valence-electron chi connectivity index (χ0n) is 9.06. The van der Waals surface area contributed by atoms with Crippen molar-refractivity contribution in [1.82, 2.24) is 0 Å². The Kier molecular flexibility index (Phi) is 10.1. The molecule has 0 fully saturated rings. The van der Waals surface area contributed by atoms with E-state index in [9.17, 15) is 9.59 Å². The predicted molar refractivity (Wildman–Crippen MR) is 58.6 cm³/mol. The molecule has 0 rings (SSSR count). The van der Waals surface area contributed by atoms with Crippen molar-refractivity contribution in [2.75, 3.05) is 12.0 Å². The molecule has 0 aliphatic rings. The summed E-state index contributed by atoms with van der Waals surface area (Å²) in [7, 11) is 0. The van der Waals surface area contributed by atoms with E-state index in [1.54, 1.807) is 0 Å². The number of hydrogen-bond donors (Lipinski definition) is 2. The second-order valence-electron chi connectivity index (χ2n) is 3.04. The van der Waals surface area contributed by atoms with Crippen molar-refractivity contribution >= 4 is 42.4 Å². The van der Waals surface area contributed by atoms with Crippen LogP contribution in [0, 0.1) is 0 Å². The number of carboxylic acid groups (broad SMARTS) is 2. The van der Waals surface area contributed by atoms with Gasteiger partial charge in [-0.15, -0.1) is 0 Å². The van der Waals surface area contributed by atoms with Gasteiger partial charge in [-0.05, 0) is 0 Å². The summed E-state index contributed by atoms with van der Waals surface area (Å²) in [5.74, 6) is 0.337. The fourth-order valence-electron chi connectivity index (χ4n) is 0.760. The van der Waals surface area contributed by atoms with E-state index in [2.05, 4.69) is 0 Å². The van der Waals surface area contributed by atoms with Crippen LogP contribution >= 0.6 is 0 Å². The van der Waals surface area contributed by atoms with Crippen molar-refractivity contribution in [3.63, 3.8) is 0 Å². The standard InChI is InChI=1S/C8H15Ge2O6/c1-10(4-2-7(11)12)16-9-6-15-5-3-8(13)14/h2-6H2,1H3,(H,11,12)(H,13,14). The van der Waals surface area contributed by atoms with Gasteiger partial charge in [0.1, 0.15) is 0 Å². The second-order valence-corrected chi connectivity index (χ2v) is 10.9. The second kappa shape index (κ2) is 10.1. The van der Waals surface area contributed by atoms with Gasteiger partial charge in [-0.1, -0.05) is 0 Å². The molecular formula is C8H15Ge2O6. The van der Waals surface area contributed by atoms with Crippen LogP contribution in [-0.2, 0) is 17.1 Å². The molecule has 0 saturated heterocycles. The van der Waals surface area contributed by atoms with Crippen LogP contribution in [0.3, 0.4) is 0 Å². The van der Waals surface area contributed by atoms with E-state index in [0.29, 0.717) is 10.7 Å². The Balaban J connectivity index is 3.24. The summed E-state index contributed by atoms with van der Waals surface area (Å²) in [6.45, 7) is 0.219. The van der Waals surface area contributed by atoms with E-state index in [-0.39, 0.29) is 19.4 Å². The summed E-state index contributed by atoms with van der Waals surface area (Å²) in [6, 6.07) is 0. The molecule has 0 spiro atoms. The van der Waals surface area contributed by atoms with Gasteiger partial charge in [0.25, 0.3) is 0 Å². The van der Waals surface area contributed by atoms with E-state index >= 15 is 0 Å². The molecule has 0 atom stereocenters. The Labute approximate surface area is 106 Å². The SMILES string of the molecule is [CH3][Ge]([CH2]CC(=O)O)[O][Ge][CH2]OCCC(=O)O. The zero-order valence-corrected chi connectivity index (χ0v) is 13.3. The van der Waals surface area contributed by atoms with E-state index in [4.69, 9.17) is 17.7 Å². The monoisotopic (exact) mass is 355 g/mol. The number of carbonyl (C=O) groups is 2. The minimum absolute atomic E-state index is 0.0143. The van der Waals surface area contributed by atoms with Crippen molar-refractivity contribution < 1.29 is 27.3 Å². The number of rotatable bonds is 10. The van der Waals surface area contributed by atoms with Gasteiger partial charge in [-0.2, -0.15) is 0 Å². The Hall–Kier alpha value is -0.0543. The van der Waals surface area contributed by atoms with Gasteiger partial charge in [0.15, 0.2) is 0 Å². The summed E-state index contributed by atoms with van der Waals surface area (Å²) in [4.78, 5) is 20.4.